The molecule has 0 radical (unpaired) electrons. The molecule has 2 atom stereocenters. The average molecular weight is 269 g/mol. The third-order valence-electron chi connectivity index (χ3n) is 4.61. The minimum atomic E-state index is -1.81. The Labute approximate surface area is 109 Å². The number of ether oxygens (including phenoxy) is 2. The van der Waals surface area contributed by atoms with Crippen LogP contribution in [-0.2, 0) is 28.7 Å². The normalized spacial score (nSPS) is 34.9. The van der Waals surface area contributed by atoms with E-state index in [-0.39, 0.29) is 0 Å². The molecule has 0 aromatic carbocycles. The van der Waals surface area contributed by atoms with Crippen LogP contribution in [0.25, 0.3) is 0 Å². The van der Waals surface area contributed by atoms with Crippen molar-refractivity contribution in [1.82, 2.24) is 4.90 Å². The zero-order valence-corrected chi connectivity index (χ0v) is 11.4. The first kappa shape index (κ1) is 13.5. The maximum atomic E-state index is 12.3. The van der Waals surface area contributed by atoms with E-state index in [9.17, 15) is 19.2 Å². The second kappa shape index (κ2) is 3.34. The van der Waals surface area contributed by atoms with Crippen molar-refractivity contribution in [3.8, 4) is 0 Å². The van der Waals surface area contributed by atoms with Crippen LogP contribution in [0.4, 0.5) is 0 Å². The number of hydrogen-bond acceptors (Lipinski definition) is 6. The Morgan fingerprint density at radius 1 is 0.947 bits per heavy atom. The highest BCUT2D eigenvalue weighted by Crippen LogP contribution is 2.82. The van der Waals surface area contributed by atoms with Crippen molar-refractivity contribution in [2.24, 2.45) is 16.2 Å². The number of carbonyl (C=O) groups excluding carboxylic acids is 4. The molecule has 7 nitrogen and oxygen atoms in total. The van der Waals surface area contributed by atoms with Gasteiger partial charge >= 0.3 is 11.9 Å². The lowest BCUT2D eigenvalue weighted by atomic mass is 9.94. The molecular weight excluding hydrogens is 254 g/mol. The number of piperidine rings is 1. The predicted octanol–water partition coefficient (Wildman–Crippen LogP) is -0.656. The monoisotopic (exact) mass is 269 g/mol. The van der Waals surface area contributed by atoms with E-state index in [0.29, 0.717) is 0 Å². The lowest BCUT2D eigenvalue weighted by molar-refractivity contribution is -0.159. The molecule has 0 N–H and O–H groups in total. The molecule has 1 aliphatic heterocycles. The van der Waals surface area contributed by atoms with Crippen LogP contribution in [-0.4, -0.2) is 49.9 Å². The molecule has 19 heavy (non-hydrogen) atoms. The number of imide groups is 1. The fraction of sp³-hybridized carbons (Fsp3) is 0.667. The van der Waals surface area contributed by atoms with Crippen LogP contribution in [0.5, 0.6) is 0 Å². The van der Waals surface area contributed by atoms with Crippen molar-refractivity contribution in [3.63, 3.8) is 0 Å². The topological polar surface area (TPSA) is 90.0 Å². The van der Waals surface area contributed by atoms with Gasteiger partial charge in [-0.3, -0.25) is 24.1 Å². The molecule has 0 bridgehead atoms. The van der Waals surface area contributed by atoms with Gasteiger partial charge in [-0.1, -0.05) is 13.8 Å². The fourth-order valence-electron chi connectivity index (χ4n) is 3.62. The molecule has 104 valence electrons. The molecule has 2 rings (SSSR count). The highest BCUT2D eigenvalue weighted by molar-refractivity contribution is 6.33. The van der Waals surface area contributed by atoms with Gasteiger partial charge in [0, 0.05) is 12.5 Å². The molecule has 0 unspecified atom stereocenters. The largest absolute Gasteiger partial charge is 0.468 e. The predicted molar refractivity (Wildman–Crippen MR) is 60.5 cm³/mol. The Morgan fingerprint density at radius 2 is 1.26 bits per heavy atom. The van der Waals surface area contributed by atoms with Gasteiger partial charge in [-0.2, -0.15) is 0 Å². The molecule has 1 aliphatic carbocycles. The van der Waals surface area contributed by atoms with Crippen LogP contribution < -0.4 is 0 Å². The van der Waals surface area contributed by atoms with E-state index in [2.05, 4.69) is 9.47 Å². The summed E-state index contributed by atoms with van der Waals surface area (Å²) in [6, 6.07) is 0. The van der Waals surface area contributed by atoms with E-state index in [1.165, 1.54) is 20.9 Å². The van der Waals surface area contributed by atoms with E-state index in [1.807, 2.05) is 0 Å². The van der Waals surface area contributed by atoms with Crippen LogP contribution >= 0.6 is 0 Å². The average Bonchev–Trinajstić information content (AvgIpc) is 2.78. The molecule has 2 aliphatic rings. The summed E-state index contributed by atoms with van der Waals surface area (Å²) < 4.78 is 9.31. The summed E-state index contributed by atoms with van der Waals surface area (Å²) in [6.07, 6.45) is 0. The summed E-state index contributed by atoms with van der Waals surface area (Å²) in [5, 5.41) is 0. The van der Waals surface area contributed by atoms with E-state index in [0.717, 1.165) is 19.1 Å². The number of methoxy groups -OCH3 is 2. The Bertz CT molecular complexity index is 480. The minimum Gasteiger partial charge on any atom is -0.468 e. The first-order valence-electron chi connectivity index (χ1n) is 5.69. The van der Waals surface area contributed by atoms with Crippen molar-refractivity contribution in [3.05, 3.63) is 0 Å². The van der Waals surface area contributed by atoms with Gasteiger partial charge < -0.3 is 9.47 Å². The first-order chi connectivity index (χ1) is 8.69. The number of carbonyl (C=O) groups is 4. The van der Waals surface area contributed by atoms with Crippen LogP contribution in [0.1, 0.15) is 13.8 Å². The highest BCUT2D eigenvalue weighted by atomic mass is 16.5. The number of amides is 2. The summed E-state index contributed by atoms with van der Waals surface area (Å²) in [5.74, 6) is -3.21. The van der Waals surface area contributed by atoms with E-state index in [4.69, 9.17) is 0 Å². The van der Waals surface area contributed by atoms with E-state index in [1.54, 1.807) is 0 Å². The number of esters is 2. The zero-order chi connectivity index (χ0) is 14.8. The van der Waals surface area contributed by atoms with Crippen molar-refractivity contribution in [2.45, 2.75) is 13.8 Å². The van der Waals surface area contributed by atoms with Crippen molar-refractivity contribution >= 4 is 23.8 Å². The van der Waals surface area contributed by atoms with Crippen LogP contribution in [0.2, 0.25) is 0 Å². The summed E-state index contributed by atoms with van der Waals surface area (Å²) in [5.41, 5.74) is -4.79. The third-order valence-corrected chi connectivity index (χ3v) is 4.61. The Kier molecular flexibility index (Phi) is 2.38. The van der Waals surface area contributed by atoms with Gasteiger partial charge in [0.25, 0.3) is 0 Å². The number of fused-ring (bicyclic) bond motifs is 1. The quantitative estimate of drug-likeness (QED) is 0.376. The number of nitrogens with zero attached hydrogens (tertiary/aromatic N) is 1. The van der Waals surface area contributed by atoms with Crippen LogP contribution in [0, 0.1) is 16.2 Å². The van der Waals surface area contributed by atoms with E-state index < -0.39 is 40.0 Å². The Balaban J connectivity index is 2.75. The SMILES string of the molecule is COC(=O)[C@@]12C(=O)N(C)C(=O)[C@@]1(C(=O)OC)C2(C)C. The Morgan fingerprint density at radius 3 is 1.53 bits per heavy atom. The van der Waals surface area contributed by atoms with Gasteiger partial charge in [0.1, 0.15) is 0 Å². The summed E-state index contributed by atoms with van der Waals surface area (Å²) in [6.45, 7) is 3.03. The summed E-state index contributed by atoms with van der Waals surface area (Å²) in [7, 11) is 3.47. The van der Waals surface area contributed by atoms with Gasteiger partial charge in [-0.15, -0.1) is 0 Å². The Hall–Kier alpha value is -1.92. The molecule has 0 aromatic rings. The molecule has 0 spiro atoms. The molecule has 7 heteroatoms. The standard InChI is InChI=1S/C12H15NO6/c1-10(2)11(8(16)18-4)6(14)13(3)7(15)12(10,11)9(17)19-5/h1-5H3/t11-,12-/m1/s1. The second-order valence-electron chi connectivity index (χ2n) is 5.28. The number of hydrogen-bond donors (Lipinski definition) is 0. The van der Waals surface area contributed by atoms with E-state index >= 15 is 0 Å². The van der Waals surface area contributed by atoms with Gasteiger partial charge in [-0.05, 0) is 0 Å². The summed E-state index contributed by atoms with van der Waals surface area (Å²) in [4.78, 5) is 49.6. The molecule has 1 saturated heterocycles. The molecule has 2 fully saturated rings. The smallest absolute Gasteiger partial charge is 0.323 e. The van der Waals surface area contributed by atoms with Gasteiger partial charge in [0.05, 0.1) is 14.2 Å². The van der Waals surface area contributed by atoms with Gasteiger partial charge in [0.2, 0.25) is 11.8 Å². The number of likely N-dealkylation sites (tertiary alicyclic amines) is 1. The van der Waals surface area contributed by atoms with Crippen LogP contribution in [0.15, 0.2) is 0 Å². The van der Waals surface area contributed by atoms with Crippen LogP contribution in [0.3, 0.4) is 0 Å². The minimum absolute atomic E-state index is 0.722. The second-order valence-corrected chi connectivity index (χ2v) is 5.28. The molecule has 1 saturated carbocycles. The van der Waals surface area contributed by atoms with Gasteiger partial charge in [-0.25, -0.2) is 0 Å². The first-order valence-corrected chi connectivity index (χ1v) is 5.69. The fourth-order valence-corrected chi connectivity index (χ4v) is 3.62. The van der Waals surface area contributed by atoms with Crippen molar-refractivity contribution in [1.29, 1.82) is 0 Å². The van der Waals surface area contributed by atoms with Crippen molar-refractivity contribution < 1.29 is 28.7 Å². The number of rotatable bonds is 2. The maximum absolute atomic E-state index is 12.3. The molecule has 2 amide bonds. The van der Waals surface area contributed by atoms with Gasteiger partial charge in [0.15, 0.2) is 10.8 Å². The molecule has 1 heterocycles. The molecule has 0 aromatic heterocycles. The van der Waals surface area contributed by atoms with Crippen molar-refractivity contribution in [2.75, 3.05) is 21.3 Å². The highest BCUT2D eigenvalue weighted by Gasteiger charge is 3.01. The third kappa shape index (κ3) is 0.913. The maximum Gasteiger partial charge on any atom is 0.323 e. The molecular formula is C12H15NO6. The zero-order valence-electron chi connectivity index (χ0n) is 11.4. The lowest BCUT2D eigenvalue weighted by Gasteiger charge is -2.21. The lowest BCUT2D eigenvalue weighted by Crippen LogP contribution is -2.41. The summed E-state index contributed by atoms with van der Waals surface area (Å²) >= 11 is 0.